The number of nitrogens with one attached hydrogen (secondary N) is 1. The smallest absolute Gasteiger partial charge is 0.196 e. The minimum atomic E-state index is -0.274. The van der Waals surface area contributed by atoms with Gasteiger partial charge >= 0.3 is 0 Å². The van der Waals surface area contributed by atoms with Crippen molar-refractivity contribution in [3.05, 3.63) is 139 Å². The van der Waals surface area contributed by atoms with Crippen LogP contribution in [0.1, 0.15) is 11.8 Å². The summed E-state index contributed by atoms with van der Waals surface area (Å²) in [5.41, 5.74) is 8.07. The van der Waals surface area contributed by atoms with Gasteiger partial charge in [-0.25, -0.2) is 0 Å². The fourth-order valence-electron chi connectivity index (χ4n) is 6.39. The molecule has 8 aromatic rings. The Morgan fingerprint density at radius 2 is 1.24 bits per heavy atom. The third kappa shape index (κ3) is 3.38. The van der Waals surface area contributed by atoms with Gasteiger partial charge < -0.3 is 14.6 Å². The first-order valence-electron chi connectivity index (χ1n) is 13.9. The van der Waals surface area contributed by atoms with Crippen LogP contribution in [0.2, 0.25) is 0 Å². The van der Waals surface area contributed by atoms with Gasteiger partial charge in [0.2, 0.25) is 0 Å². The van der Waals surface area contributed by atoms with Crippen LogP contribution < -0.4 is 10.1 Å². The van der Waals surface area contributed by atoms with Crippen LogP contribution in [0.5, 0.6) is 5.75 Å². The number of ether oxygens (including phenoxy) is 1. The van der Waals surface area contributed by atoms with Crippen LogP contribution in [-0.4, -0.2) is 4.57 Å². The van der Waals surface area contributed by atoms with Gasteiger partial charge in [-0.1, -0.05) is 97.1 Å². The molecule has 1 aliphatic rings. The molecule has 1 unspecified atom stereocenters. The fraction of sp³-hybridized carbons (Fsp3) is 0.0270. The van der Waals surface area contributed by atoms with Gasteiger partial charge in [0.05, 0.1) is 16.7 Å². The Balaban J connectivity index is 1.16. The topological polar surface area (TPSA) is 26.2 Å². The molecule has 2 aromatic heterocycles. The van der Waals surface area contributed by atoms with E-state index in [2.05, 4.69) is 143 Å². The highest BCUT2D eigenvalue weighted by Crippen LogP contribution is 2.52. The second-order valence-electron chi connectivity index (χ2n) is 10.6. The van der Waals surface area contributed by atoms with Gasteiger partial charge in [0.15, 0.2) is 12.0 Å². The van der Waals surface area contributed by atoms with E-state index in [1.807, 2.05) is 11.3 Å². The van der Waals surface area contributed by atoms with Gasteiger partial charge in [0.1, 0.15) is 0 Å². The number of fused-ring (bicyclic) bond motifs is 8. The van der Waals surface area contributed by atoms with Gasteiger partial charge in [-0.2, -0.15) is 0 Å². The van der Waals surface area contributed by atoms with Crippen molar-refractivity contribution < 1.29 is 4.74 Å². The van der Waals surface area contributed by atoms with Crippen LogP contribution in [0.25, 0.3) is 58.8 Å². The lowest BCUT2D eigenvalue weighted by Crippen LogP contribution is -2.10. The van der Waals surface area contributed by atoms with E-state index in [1.165, 1.54) is 53.1 Å². The molecule has 1 atom stereocenters. The zero-order chi connectivity index (χ0) is 26.9. The number of thiophene rings is 1. The van der Waals surface area contributed by atoms with Crippen LogP contribution in [0.15, 0.2) is 133 Å². The third-order valence-electron chi connectivity index (χ3n) is 8.25. The van der Waals surface area contributed by atoms with Gasteiger partial charge in [-0.05, 0) is 42.0 Å². The predicted molar refractivity (Wildman–Crippen MR) is 173 cm³/mol. The van der Waals surface area contributed by atoms with E-state index in [0.29, 0.717) is 0 Å². The molecule has 3 nitrogen and oxygen atoms in total. The Morgan fingerprint density at radius 1 is 0.610 bits per heavy atom. The molecular formula is C37H24N2OS. The van der Waals surface area contributed by atoms with Crippen molar-refractivity contribution in [1.82, 2.24) is 4.57 Å². The van der Waals surface area contributed by atoms with Crippen molar-refractivity contribution in [1.29, 1.82) is 0 Å². The summed E-state index contributed by atoms with van der Waals surface area (Å²) in [5.74, 6) is 0.940. The zero-order valence-electron chi connectivity index (χ0n) is 22.0. The first-order valence-corrected chi connectivity index (χ1v) is 14.7. The largest absolute Gasteiger partial charge is 0.464 e. The minimum Gasteiger partial charge on any atom is -0.464 e. The van der Waals surface area contributed by atoms with E-state index < -0.39 is 0 Å². The molecule has 1 N–H and O–H groups in total. The summed E-state index contributed by atoms with van der Waals surface area (Å²) in [4.78, 5) is 0. The van der Waals surface area contributed by atoms with E-state index in [0.717, 1.165) is 22.7 Å². The van der Waals surface area contributed by atoms with Crippen LogP contribution in [-0.2, 0) is 0 Å². The first kappa shape index (κ1) is 22.7. The fourth-order valence-corrected chi connectivity index (χ4v) is 7.53. The highest BCUT2D eigenvalue weighted by Gasteiger charge is 2.30. The molecule has 3 heterocycles. The van der Waals surface area contributed by atoms with Crippen molar-refractivity contribution in [2.45, 2.75) is 6.23 Å². The average molecular weight is 545 g/mol. The second-order valence-corrected chi connectivity index (χ2v) is 11.7. The molecule has 0 spiro atoms. The summed E-state index contributed by atoms with van der Waals surface area (Å²) in [6.07, 6.45) is -0.274. The van der Waals surface area contributed by atoms with Crippen LogP contribution in [0, 0.1) is 0 Å². The first-order chi connectivity index (χ1) is 20.3. The average Bonchev–Trinajstić information content (AvgIpc) is 3.73. The molecule has 0 fully saturated rings. The third-order valence-corrected chi connectivity index (χ3v) is 9.37. The maximum atomic E-state index is 6.79. The monoisotopic (exact) mass is 544 g/mol. The Kier molecular flexibility index (Phi) is 4.83. The lowest BCUT2D eigenvalue weighted by Gasteiger charge is -2.14. The second kappa shape index (κ2) is 8.72. The van der Waals surface area contributed by atoms with E-state index in [1.54, 1.807) is 0 Å². The number of para-hydroxylation sites is 2. The number of hydrogen-bond acceptors (Lipinski definition) is 3. The minimum absolute atomic E-state index is 0.274. The highest BCUT2D eigenvalue weighted by atomic mass is 32.1. The number of aromatic nitrogens is 1. The van der Waals surface area contributed by atoms with E-state index in [-0.39, 0.29) is 6.23 Å². The number of anilines is 1. The van der Waals surface area contributed by atoms with Crippen molar-refractivity contribution >= 4 is 59.0 Å². The summed E-state index contributed by atoms with van der Waals surface area (Å²) < 4.78 is 11.7. The van der Waals surface area contributed by atoms with Crippen LogP contribution in [0.4, 0.5) is 5.69 Å². The normalized spacial score (nSPS) is 14.5. The summed E-state index contributed by atoms with van der Waals surface area (Å²) in [5, 5.41) is 8.72. The number of hydrogen-bond donors (Lipinski definition) is 1. The van der Waals surface area contributed by atoms with Gasteiger partial charge in [0.25, 0.3) is 0 Å². The predicted octanol–water partition coefficient (Wildman–Crippen LogP) is 10.3. The molecule has 0 aliphatic carbocycles. The Morgan fingerprint density at radius 3 is 1.98 bits per heavy atom. The standard InChI is InChI=1S/C37H24N2OS/c1-2-10-23(11-3-1)29-22-33-34(28-14-6-9-17-32(28)41-33)36-35(29)38-37(40-36)24-18-20-25(21-19-24)39-30-15-7-4-12-26(30)27-13-5-8-16-31(27)39/h1-22,37-38H. The number of nitrogens with zero attached hydrogens (tertiary/aromatic N) is 1. The zero-order valence-corrected chi connectivity index (χ0v) is 22.9. The number of rotatable bonds is 3. The summed E-state index contributed by atoms with van der Waals surface area (Å²) in [6.45, 7) is 0. The molecule has 9 rings (SSSR count). The van der Waals surface area contributed by atoms with Crippen LogP contribution in [0.3, 0.4) is 0 Å². The van der Waals surface area contributed by atoms with E-state index in [9.17, 15) is 0 Å². The lowest BCUT2D eigenvalue weighted by atomic mass is 10.0. The molecule has 194 valence electrons. The van der Waals surface area contributed by atoms with Crippen molar-refractivity contribution in [3.63, 3.8) is 0 Å². The quantitative estimate of drug-likeness (QED) is 0.239. The lowest BCUT2D eigenvalue weighted by molar-refractivity contribution is 0.263. The molecule has 6 aromatic carbocycles. The Labute approximate surface area is 240 Å². The number of benzene rings is 6. The molecule has 0 saturated heterocycles. The van der Waals surface area contributed by atoms with Crippen molar-refractivity contribution in [3.8, 4) is 22.6 Å². The van der Waals surface area contributed by atoms with Crippen molar-refractivity contribution in [2.75, 3.05) is 5.32 Å². The molecule has 0 radical (unpaired) electrons. The van der Waals surface area contributed by atoms with Crippen LogP contribution >= 0.6 is 11.3 Å². The van der Waals surface area contributed by atoms with Gasteiger partial charge in [-0.15, -0.1) is 11.3 Å². The molecule has 0 saturated carbocycles. The molecule has 41 heavy (non-hydrogen) atoms. The van der Waals surface area contributed by atoms with Crippen molar-refractivity contribution in [2.24, 2.45) is 0 Å². The highest BCUT2D eigenvalue weighted by molar-refractivity contribution is 7.26. The molecular weight excluding hydrogens is 520 g/mol. The Hall–Kier alpha value is -5.06. The Bertz CT molecular complexity index is 2210. The maximum Gasteiger partial charge on any atom is 0.196 e. The molecule has 0 amide bonds. The van der Waals surface area contributed by atoms with Gasteiger partial charge in [0, 0.05) is 47.8 Å². The van der Waals surface area contributed by atoms with E-state index >= 15 is 0 Å². The molecule has 0 bridgehead atoms. The summed E-state index contributed by atoms with van der Waals surface area (Å²) in [7, 11) is 0. The summed E-state index contributed by atoms with van der Waals surface area (Å²) in [6, 6.07) is 47.6. The molecule has 4 heteroatoms. The van der Waals surface area contributed by atoms with Gasteiger partial charge in [-0.3, -0.25) is 0 Å². The SMILES string of the molecule is c1ccc(-c2cc3sc4ccccc4c3c3c2NC(c2ccc(-n4c5ccccc5c5ccccc54)cc2)O3)cc1. The van der Waals surface area contributed by atoms with E-state index in [4.69, 9.17) is 4.74 Å². The maximum absolute atomic E-state index is 6.79. The summed E-state index contributed by atoms with van der Waals surface area (Å²) >= 11 is 1.83. The molecule has 1 aliphatic heterocycles.